The number of aromatic nitrogens is 2. The van der Waals surface area contributed by atoms with E-state index in [1.165, 1.54) is 12.8 Å². The highest BCUT2D eigenvalue weighted by Crippen LogP contribution is 2.20. The summed E-state index contributed by atoms with van der Waals surface area (Å²) in [4.78, 5) is 24.4. The minimum atomic E-state index is -0.210. The van der Waals surface area contributed by atoms with E-state index in [4.69, 9.17) is 4.84 Å². The number of hydrogen-bond donors (Lipinski definition) is 2. The standard InChI is InChI=1S/C13H15N3O2/c17-13(16-18-10-3-1-2-4-10)9-5-6-11-12(7-9)15-8-14-11/h5-8,10H,1-4H2,(H,14,15)(H,16,17). The maximum atomic E-state index is 11.9. The first-order valence-electron chi connectivity index (χ1n) is 6.22. The Hall–Kier alpha value is -1.88. The molecule has 1 amide bonds. The minimum absolute atomic E-state index is 0.171. The van der Waals surface area contributed by atoms with Crippen LogP contribution in [0.15, 0.2) is 24.5 Å². The summed E-state index contributed by atoms with van der Waals surface area (Å²) in [5, 5.41) is 0. The van der Waals surface area contributed by atoms with Gasteiger partial charge in [0.1, 0.15) is 0 Å². The summed E-state index contributed by atoms with van der Waals surface area (Å²) in [5.41, 5.74) is 4.80. The number of hydrogen-bond acceptors (Lipinski definition) is 3. The normalized spacial score (nSPS) is 16.2. The minimum Gasteiger partial charge on any atom is -0.345 e. The molecule has 0 bridgehead atoms. The van der Waals surface area contributed by atoms with Crippen LogP contribution in [0.25, 0.3) is 11.0 Å². The monoisotopic (exact) mass is 245 g/mol. The van der Waals surface area contributed by atoms with Gasteiger partial charge in [0.25, 0.3) is 5.91 Å². The van der Waals surface area contributed by atoms with Crippen LogP contribution >= 0.6 is 0 Å². The summed E-state index contributed by atoms with van der Waals surface area (Å²) in [6.45, 7) is 0. The first-order chi connectivity index (χ1) is 8.83. The van der Waals surface area contributed by atoms with Gasteiger partial charge in [-0.3, -0.25) is 9.63 Å². The Kier molecular flexibility index (Phi) is 2.98. The first kappa shape index (κ1) is 11.2. The Labute approximate surface area is 105 Å². The van der Waals surface area contributed by atoms with Crippen LogP contribution in [0.2, 0.25) is 0 Å². The molecule has 1 fully saturated rings. The molecule has 1 aromatic carbocycles. The number of rotatable bonds is 3. The van der Waals surface area contributed by atoms with E-state index < -0.39 is 0 Å². The van der Waals surface area contributed by atoms with Gasteiger partial charge in [-0.2, -0.15) is 0 Å². The van der Waals surface area contributed by atoms with Gasteiger partial charge in [-0.05, 0) is 31.0 Å². The topological polar surface area (TPSA) is 67.0 Å². The third-order valence-electron chi connectivity index (χ3n) is 3.30. The van der Waals surface area contributed by atoms with Crippen molar-refractivity contribution in [2.75, 3.05) is 0 Å². The number of nitrogens with zero attached hydrogens (tertiary/aromatic N) is 1. The summed E-state index contributed by atoms with van der Waals surface area (Å²) in [5.74, 6) is -0.210. The smallest absolute Gasteiger partial charge is 0.274 e. The summed E-state index contributed by atoms with van der Waals surface area (Å²) in [6, 6.07) is 5.34. The van der Waals surface area contributed by atoms with Crippen molar-refractivity contribution in [2.24, 2.45) is 0 Å². The maximum absolute atomic E-state index is 11.9. The molecule has 0 radical (unpaired) electrons. The van der Waals surface area contributed by atoms with Crippen LogP contribution in [0, 0.1) is 0 Å². The van der Waals surface area contributed by atoms with Gasteiger partial charge in [-0.1, -0.05) is 12.8 Å². The highest BCUT2D eigenvalue weighted by atomic mass is 16.7. The first-order valence-corrected chi connectivity index (χ1v) is 6.22. The molecule has 0 unspecified atom stereocenters. The van der Waals surface area contributed by atoms with Gasteiger partial charge in [-0.15, -0.1) is 0 Å². The predicted molar refractivity (Wildman–Crippen MR) is 66.9 cm³/mol. The van der Waals surface area contributed by atoms with Crippen molar-refractivity contribution in [3.63, 3.8) is 0 Å². The van der Waals surface area contributed by atoms with E-state index in [1.807, 2.05) is 6.07 Å². The van der Waals surface area contributed by atoms with E-state index in [1.54, 1.807) is 18.5 Å². The van der Waals surface area contributed by atoms with Crippen molar-refractivity contribution in [1.82, 2.24) is 15.4 Å². The molecule has 0 spiro atoms. The molecule has 5 heteroatoms. The number of amides is 1. The molecule has 2 N–H and O–H groups in total. The number of benzene rings is 1. The van der Waals surface area contributed by atoms with E-state index in [0.29, 0.717) is 5.56 Å². The van der Waals surface area contributed by atoms with Crippen molar-refractivity contribution in [3.05, 3.63) is 30.1 Å². The Morgan fingerprint density at radius 2 is 2.22 bits per heavy atom. The van der Waals surface area contributed by atoms with Crippen LogP contribution < -0.4 is 5.48 Å². The SMILES string of the molecule is O=C(NOC1CCCC1)c1ccc2nc[nH]c2c1. The van der Waals surface area contributed by atoms with Gasteiger partial charge in [0.2, 0.25) is 0 Å². The Bertz CT molecular complexity index is 558. The lowest BCUT2D eigenvalue weighted by molar-refractivity contribution is -0.0124. The number of nitrogens with one attached hydrogen (secondary N) is 2. The number of carbonyl (C=O) groups is 1. The third-order valence-corrected chi connectivity index (χ3v) is 3.30. The average Bonchev–Trinajstić information content (AvgIpc) is 3.05. The Morgan fingerprint density at radius 3 is 3.06 bits per heavy atom. The van der Waals surface area contributed by atoms with Crippen LogP contribution in [-0.2, 0) is 4.84 Å². The van der Waals surface area contributed by atoms with Crippen LogP contribution in [0.3, 0.4) is 0 Å². The van der Waals surface area contributed by atoms with Gasteiger partial charge < -0.3 is 4.98 Å². The summed E-state index contributed by atoms with van der Waals surface area (Å²) < 4.78 is 0. The lowest BCUT2D eigenvalue weighted by atomic mass is 10.2. The molecule has 1 saturated carbocycles. The van der Waals surface area contributed by atoms with Gasteiger partial charge in [0, 0.05) is 5.56 Å². The van der Waals surface area contributed by atoms with Crippen LogP contribution in [0.4, 0.5) is 0 Å². The molecule has 1 aliphatic rings. The van der Waals surface area contributed by atoms with Crippen molar-refractivity contribution < 1.29 is 9.63 Å². The molecular weight excluding hydrogens is 230 g/mol. The second-order valence-electron chi connectivity index (χ2n) is 4.59. The molecule has 0 aliphatic heterocycles. The van der Waals surface area contributed by atoms with Crippen molar-refractivity contribution in [3.8, 4) is 0 Å². The van der Waals surface area contributed by atoms with Crippen LogP contribution in [0.5, 0.6) is 0 Å². The number of imidazole rings is 1. The molecule has 3 rings (SSSR count). The molecular formula is C13H15N3O2. The fourth-order valence-corrected chi connectivity index (χ4v) is 2.28. The fourth-order valence-electron chi connectivity index (χ4n) is 2.28. The third kappa shape index (κ3) is 2.22. The Morgan fingerprint density at radius 1 is 1.39 bits per heavy atom. The predicted octanol–water partition coefficient (Wildman–Crippen LogP) is 2.17. The maximum Gasteiger partial charge on any atom is 0.274 e. The fraction of sp³-hybridized carbons (Fsp3) is 0.385. The molecule has 0 atom stereocenters. The van der Waals surface area contributed by atoms with E-state index in [2.05, 4.69) is 15.4 Å². The van der Waals surface area contributed by atoms with Gasteiger partial charge in [0.05, 0.1) is 23.5 Å². The number of H-pyrrole nitrogens is 1. The summed E-state index contributed by atoms with van der Waals surface area (Å²) in [6.07, 6.45) is 6.20. The Balaban J connectivity index is 1.67. The lowest BCUT2D eigenvalue weighted by Gasteiger charge is -2.11. The average molecular weight is 245 g/mol. The second kappa shape index (κ2) is 4.78. The number of carbonyl (C=O) groups excluding carboxylic acids is 1. The number of fused-ring (bicyclic) bond motifs is 1. The quantitative estimate of drug-likeness (QED) is 0.814. The molecule has 94 valence electrons. The van der Waals surface area contributed by atoms with E-state index in [9.17, 15) is 4.79 Å². The highest BCUT2D eigenvalue weighted by molar-refractivity contribution is 5.96. The largest absolute Gasteiger partial charge is 0.345 e. The van der Waals surface area contributed by atoms with Crippen molar-refractivity contribution >= 4 is 16.9 Å². The summed E-state index contributed by atoms with van der Waals surface area (Å²) in [7, 11) is 0. The molecule has 2 aromatic rings. The zero-order valence-electron chi connectivity index (χ0n) is 9.98. The molecule has 1 aliphatic carbocycles. The second-order valence-corrected chi connectivity index (χ2v) is 4.59. The van der Waals surface area contributed by atoms with E-state index >= 15 is 0 Å². The lowest BCUT2D eigenvalue weighted by Crippen LogP contribution is -2.28. The van der Waals surface area contributed by atoms with Crippen molar-refractivity contribution in [1.29, 1.82) is 0 Å². The number of hydroxylamine groups is 1. The van der Waals surface area contributed by atoms with Crippen LogP contribution in [0.1, 0.15) is 36.0 Å². The van der Waals surface area contributed by atoms with E-state index in [0.717, 1.165) is 23.9 Å². The zero-order chi connectivity index (χ0) is 12.4. The number of aromatic amines is 1. The molecule has 0 saturated heterocycles. The molecule has 5 nitrogen and oxygen atoms in total. The molecule has 1 aromatic heterocycles. The van der Waals surface area contributed by atoms with Gasteiger partial charge in [-0.25, -0.2) is 10.5 Å². The van der Waals surface area contributed by atoms with E-state index in [-0.39, 0.29) is 12.0 Å². The van der Waals surface area contributed by atoms with Crippen molar-refractivity contribution in [2.45, 2.75) is 31.8 Å². The van der Waals surface area contributed by atoms with Gasteiger partial charge >= 0.3 is 0 Å². The van der Waals surface area contributed by atoms with Crippen LogP contribution in [-0.4, -0.2) is 22.0 Å². The molecule has 18 heavy (non-hydrogen) atoms. The molecule has 1 heterocycles. The summed E-state index contributed by atoms with van der Waals surface area (Å²) >= 11 is 0. The van der Waals surface area contributed by atoms with Gasteiger partial charge in [0.15, 0.2) is 0 Å². The highest BCUT2D eigenvalue weighted by Gasteiger charge is 2.17. The zero-order valence-corrected chi connectivity index (χ0v) is 9.98.